The zero-order valence-corrected chi connectivity index (χ0v) is 10.8. The molecule has 0 amide bonds. The van der Waals surface area contributed by atoms with Gasteiger partial charge in [0.05, 0.1) is 5.60 Å². The molecular weight excluding hydrogens is 226 g/mol. The van der Waals surface area contributed by atoms with Gasteiger partial charge in [0, 0.05) is 18.5 Å². The van der Waals surface area contributed by atoms with Crippen molar-refractivity contribution >= 4 is 17.4 Å². The number of halogens is 1. The maximum atomic E-state index is 9.59. The molecule has 1 aromatic heterocycles. The van der Waals surface area contributed by atoms with E-state index in [9.17, 15) is 5.11 Å². The minimum absolute atomic E-state index is 0.224. The molecule has 0 aromatic carbocycles. The Balaban J connectivity index is 2.81. The van der Waals surface area contributed by atoms with Crippen molar-refractivity contribution in [1.29, 1.82) is 0 Å². The van der Waals surface area contributed by atoms with Crippen LogP contribution in [-0.2, 0) is 0 Å². The third kappa shape index (κ3) is 4.33. The quantitative estimate of drug-likeness (QED) is 0.798. The van der Waals surface area contributed by atoms with E-state index in [1.54, 1.807) is 19.9 Å². The molecule has 0 aliphatic rings. The highest BCUT2D eigenvalue weighted by molar-refractivity contribution is 6.29. The lowest BCUT2D eigenvalue weighted by atomic mass is 10.1. The summed E-state index contributed by atoms with van der Waals surface area (Å²) in [7, 11) is 0. The number of aliphatic hydroxyl groups is 1. The first-order chi connectivity index (χ1) is 7.28. The SMILES string of the molecule is CC(C)c1nc(Cl)cc(NCC(C)(C)O)n1. The molecule has 0 atom stereocenters. The van der Waals surface area contributed by atoms with Crippen LogP contribution in [0.4, 0.5) is 5.82 Å². The van der Waals surface area contributed by atoms with Gasteiger partial charge in [-0.2, -0.15) is 0 Å². The standard InChI is InChI=1S/C11H18ClN3O/c1-7(2)10-14-8(12)5-9(15-10)13-6-11(3,4)16/h5,7,16H,6H2,1-4H3,(H,13,14,15). The van der Waals surface area contributed by atoms with Gasteiger partial charge in [-0.1, -0.05) is 25.4 Å². The van der Waals surface area contributed by atoms with Gasteiger partial charge in [0.25, 0.3) is 0 Å². The normalized spacial score (nSPS) is 11.9. The highest BCUT2D eigenvalue weighted by atomic mass is 35.5. The van der Waals surface area contributed by atoms with Gasteiger partial charge < -0.3 is 10.4 Å². The van der Waals surface area contributed by atoms with Crippen molar-refractivity contribution in [3.63, 3.8) is 0 Å². The lowest BCUT2D eigenvalue weighted by molar-refractivity contribution is 0.0944. The highest BCUT2D eigenvalue weighted by Crippen LogP contribution is 2.17. The van der Waals surface area contributed by atoms with Crippen molar-refractivity contribution in [2.75, 3.05) is 11.9 Å². The van der Waals surface area contributed by atoms with Gasteiger partial charge >= 0.3 is 0 Å². The van der Waals surface area contributed by atoms with Crippen molar-refractivity contribution in [2.24, 2.45) is 0 Å². The van der Waals surface area contributed by atoms with Gasteiger partial charge in [0.2, 0.25) is 0 Å². The molecule has 2 N–H and O–H groups in total. The summed E-state index contributed by atoms with van der Waals surface area (Å²) in [6, 6.07) is 1.65. The van der Waals surface area contributed by atoms with E-state index in [2.05, 4.69) is 15.3 Å². The molecular formula is C11H18ClN3O. The average Bonchev–Trinajstić information content (AvgIpc) is 2.13. The summed E-state index contributed by atoms with van der Waals surface area (Å²) in [6.45, 7) is 7.88. The Morgan fingerprint density at radius 2 is 2.06 bits per heavy atom. The molecule has 0 bridgehead atoms. The molecule has 0 spiro atoms. The Morgan fingerprint density at radius 1 is 1.44 bits per heavy atom. The Hall–Kier alpha value is -0.870. The molecule has 5 heteroatoms. The summed E-state index contributed by atoms with van der Waals surface area (Å²) in [5.41, 5.74) is -0.782. The van der Waals surface area contributed by atoms with Crippen LogP contribution in [0, 0.1) is 0 Å². The molecule has 1 aromatic rings. The van der Waals surface area contributed by atoms with Gasteiger partial charge in [-0.3, -0.25) is 0 Å². The molecule has 0 saturated carbocycles. The molecule has 0 aliphatic heterocycles. The van der Waals surface area contributed by atoms with E-state index in [0.717, 1.165) is 0 Å². The Bertz CT molecular complexity index is 361. The van der Waals surface area contributed by atoms with Crippen molar-refractivity contribution in [1.82, 2.24) is 9.97 Å². The number of hydrogen-bond donors (Lipinski definition) is 2. The summed E-state index contributed by atoms with van der Waals surface area (Å²) in [5, 5.41) is 13.0. The van der Waals surface area contributed by atoms with Crippen LogP contribution in [0.3, 0.4) is 0 Å². The zero-order chi connectivity index (χ0) is 12.3. The monoisotopic (exact) mass is 243 g/mol. The second-order valence-corrected chi connectivity index (χ2v) is 5.14. The topological polar surface area (TPSA) is 58.0 Å². The Labute approximate surface area is 101 Å². The van der Waals surface area contributed by atoms with E-state index in [1.165, 1.54) is 0 Å². The number of aromatic nitrogens is 2. The fourth-order valence-electron chi connectivity index (χ4n) is 1.09. The average molecular weight is 244 g/mol. The van der Waals surface area contributed by atoms with E-state index in [4.69, 9.17) is 11.6 Å². The maximum Gasteiger partial charge on any atom is 0.135 e. The molecule has 0 unspecified atom stereocenters. The summed E-state index contributed by atoms with van der Waals surface area (Å²) in [5.74, 6) is 1.57. The van der Waals surface area contributed by atoms with Crippen LogP contribution in [-0.4, -0.2) is 27.2 Å². The van der Waals surface area contributed by atoms with E-state index in [0.29, 0.717) is 23.3 Å². The lowest BCUT2D eigenvalue weighted by Gasteiger charge is -2.18. The Kier molecular flexibility index (Phi) is 4.10. The van der Waals surface area contributed by atoms with Crippen LogP contribution in [0.1, 0.15) is 39.4 Å². The van der Waals surface area contributed by atoms with Crippen LogP contribution in [0.25, 0.3) is 0 Å². The summed E-state index contributed by atoms with van der Waals surface area (Å²) < 4.78 is 0. The third-order valence-electron chi connectivity index (χ3n) is 1.93. The van der Waals surface area contributed by atoms with Gasteiger partial charge in [0.15, 0.2) is 0 Å². The van der Waals surface area contributed by atoms with E-state index in [1.807, 2.05) is 13.8 Å². The molecule has 90 valence electrons. The molecule has 0 saturated heterocycles. The van der Waals surface area contributed by atoms with Crippen molar-refractivity contribution < 1.29 is 5.11 Å². The third-order valence-corrected chi connectivity index (χ3v) is 2.12. The number of nitrogens with one attached hydrogen (secondary N) is 1. The number of rotatable bonds is 4. The van der Waals surface area contributed by atoms with Gasteiger partial charge in [-0.25, -0.2) is 9.97 Å². The van der Waals surface area contributed by atoms with Gasteiger partial charge in [-0.15, -0.1) is 0 Å². The molecule has 0 aliphatic carbocycles. The van der Waals surface area contributed by atoms with Crippen LogP contribution in [0.15, 0.2) is 6.07 Å². The minimum atomic E-state index is -0.782. The first kappa shape index (κ1) is 13.2. The highest BCUT2D eigenvalue weighted by Gasteiger charge is 2.13. The predicted molar refractivity (Wildman–Crippen MR) is 65.9 cm³/mol. The fourth-order valence-corrected chi connectivity index (χ4v) is 1.28. The summed E-state index contributed by atoms with van der Waals surface area (Å²) >= 11 is 5.89. The first-order valence-corrected chi connectivity index (χ1v) is 5.66. The maximum absolute atomic E-state index is 9.59. The second-order valence-electron chi connectivity index (χ2n) is 4.75. The van der Waals surface area contributed by atoms with Crippen LogP contribution >= 0.6 is 11.6 Å². The molecule has 0 radical (unpaired) electrons. The largest absolute Gasteiger partial charge is 0.389 e. The van der Waals surface area contributed by atoms with Crippen molar-refractivity contribution in [3.05, 3.63) is 17.0 Å². The molecule has 1 rings (SSSR count). The predicted octanol–water partition coefficient (Wildman–Crippen LogP) is 2.44. The molecule has 1 heterocycles. The van der Waals surface area contributed by atoms with Crippen LogP contribution < -0.4 is 5.32 Å². The van der Waals surface area contributed by atoms with Crippen LogP contribution in [0.2, 0.25) is 5.15 Å². The number of hydrogen-bond acceptors (Lipinski definition) is 4. The van der Waals surface area contributed by atoms with Crippen LogP contribution in [0.5, 0.6) is 0 Å². The minimum Gasteiger partial charge on any atom is -0.389 e. The first-order valence-electron chi connectivity index (χ1n) is 5.28. The van der Waals surface area contributed by atoms with Crippen molar-refractivity contribution in [3.8, 4) is 0 Å². The number of anilines is 1. The number of nitrogens with zero attached hydrogens (tertiary/aromatic N) is 2. The summed E-state index contributed by atoms with van der Waals surface area (Å²) in [4.78, 5) is 8.45. The van der Waals surface area contributed by atoms with Gasteiger partial charge in [-0.05, 0) is 13.8 Å². The fraction of sp³-hybridized carbons (Fsp3) is 0.636. The van der Waals surface area contributed by atoms with E-state index in [-0.39, 0.29) is 5.92 Å². The lowest BCUT2D eigenvalue weighted by Crippen LogP contribution is -2.29. The molecule has 4 nitrogen and oxygen atoms in total. The van der Waals surface area contributed by atoms with E-state index >= 15 is 0 Å². The Morgan fingerprint density at radius 3 is 2.56 bits per heavy atom. The second kappa shape index (κ2) is 4.97. The van der Waals surface area contributed by atoms with E-state index < -0.39 is 5.60 Å². The molecule has 16 heavy (non-hydrogen) atoms. The van der Waals surface area contributed by atoms with Crippen molar-refractivity contribution in [2.45, 2.75) is 39.2 Å². The zero-order valence-electron chi connectivity index (χ0n) is 10.1. The molecule has 0 fully saturated rings. The summed E-state index contributed by atoms with van der Waals surface area (Å²) in [6.07, 6.45) is 0. The van der Waals surface area contributed by atoms with Gasteiger partial charge in [0.1, 0.15) is 16.8 Å². The smallest absolute Gasteiger partial charge is 0.135 e.